The minimum absolute atomic E-state index is 0.0133. The number of carbonyl (C=O) groups excluding carboxylic acids is 3. The Labute approximate surface area is 207 Å². The van der Waals surface area contributed by atoms with Crippen molar-refractivity contribution in [2.24, 2.45) is 0 Å². The van der Waals surface area contributed by atoms with Crippen molar-refractivity contribution in [2.45, 2.75) is 50.9 Å². The molecule has 5 rings (SSSR count). The number of nitrogens with zero attached hydrogens (tertiary/aromatic N) is 2. The number of hydrogen-bond donors (Lipinski definition) is 2. The van der Waals surface area contributed by atoms with Gasteiger partial charge < -0.3 is 25.2 Å². The van der Waals surface area contributed by atoms with Gasteiger partial charge in [0.25, 0.3) is 5.91 Å². The van der Waals surface area contributed by atoms with E-state index in [1.54, 1.807) is 23.1 Å². The summed E-state index contributed by atoms with van der Waals surface area (Å²) in [7, 11) is 0. The maximum Gasteiger partial charge on any atom is 0.318 e. The molecular weight excluding hydrogens is 475 g/mol. The molecule has 35 heavy (non-hydrogen) atoms. The van der Waals surface area contributed by atoms with E-state index in [1.165, 1.54) is 18.2 Å². The van der Waals surface area contributed by atoms with Gasteiger partial charge in [-0.3, -0.25) is 9.59 Å². The van der Waals surface area contributed by atoms with E-state index in [2.05, 4.69) is 10.6 Å². The third-order valence-corrected chi connectivity index (χ3v) is 6.92. The van der Waals surface area contributed by atoms with Crippen LogP contribution in [-0.2, 0) is 11.3 Å². The molecule has 3 fully saturated rings. The van der Waals surface area contributed by atoms with Crippen LogP contribution in [0.4, 0.5) is 9.18 Å². The molecule has 184 valence electrons. The molecule has 2 saturated heterocycles. The topological polar surface area (TPSA) is 91.0 Å². The number of carbonyl (C=O) groups is 3. The highest BCUT2D eigenvalue weighted by molar-refractivity contribution is 6.30. The highest BCUT2D eigenvalue weighted by atomic mass is 35.5. The van der Waals surface area contributed by atoms with E-state index in [1.807, 2.05) is 11.8 Å². The summed E-state index contributed by atoms with van der Waals surface area (Å²) in [5.41, 5.74) is 1.01. The molecule has 0 aromatic heterocycles. The van der Waals surface area contributed by atoms with E-state index >= 15 is 0 Å². The largest absolute Gasteiger partial charge is 0.457 e. The molecule has 2 heterocycles. The third-order valence-electron chi connectivity index (χ3n) is 6.61. The van der Waals surface area contributed by atoms with Crippen LogP contribution in [0.15, 0.2) is 36.4 Å². The van der Waals surface area contributed by atoms with Crippen molar-refractivity contribution in [2.75, 3.05) is 13.1 Å². The molecule has 0 bridgehead atoms. The van der Waals surface area contributed by atoms with E-state index in [0.717, 1.165) is 12.8 Å². The molecule has 2 aromatic rings. The number of ether oxygens (including phenoxy) is 1. The first-order valence-corrected chi connectivity index (χ1v) is 12.1. The molecule has 4 amide bonds. The molecule has 2 N–H and O–H groups in total. The highest BCUT2D eigenvalue weighted by Crippen LogP contribution is 2.32. The first-order valence-electron chi connectivity index (χ1n) is 11.7. The summed E-state index contributed by atoms with van der Waals surface area (Å²) in [6.07, 6.45) is 2.33. The van der Waals surface area contributed by atoms with Gasteiger partial charge in [0.15, 0.2) is 0 Å². The zero-order valence-corrected chi connectivity index (χ0v) is 20.0. The standard InChI is InChI=1S/C25H26ClFN4O4/c1-14-11-28-25(34)30(14)12-16-3-2-15(8-22(16)35-19-6-7-20(26)21(27)10-19)24(33)29-17-9-23(32)31(13-17)18-4-5-18/h2-3,6-8,10,14,17-18H,4-5,9,11-13H2,1H3,(H,28,34)(H,29,33). The van der Waals surface area contributed by atoms with Crippen molar-refractivity contribution >= 4 is 29.4 Å². The second kappa shape index (κ2) is 9.37. The van der Waals surface area contributed by atoms with Gasteiger partial charge in [0.1, 0.15) is 17.3 Å². The third kappa shape index (κ3) is 5.05. The molecule has 2 unspecified atom stereocenters. The van der Waals surface area contributed by atoms with Crippen LogP contribution >= 0.6 is 11.6 Å². The van der Waals surface area contributed by atoms with Crippen molar-refractivity contribution in [1.29, 1.82) is 0 Å². The minimum atomic E-state index is -0.627. The van der Waals surface area contributed by atoms with Crippen molar-refractivity contribution in [1.82, 2.24) is 20.4 Å². The maximum absolute atomic E-state index is 14.0. The summed E-state index contributed by atoms with van der Waals surface area (Å²) in [5, 5.41) is 5.71. The number of hydrogen-bond acceptors (Lipinski definition) is 4. The fourth-order valence-corrected chi connectivity index (χ4v) is 4.60. The van der Waals surface area contributed by atoms with Gasteiger partial charge in [-0.2, -0.15) is 0 Å². The van der Waals surface area contributed by atoms with Crippen LogP contribution in [0.1, 0.15) is 42.1 Å². The second-order valence-corrected chi connectivity index (χ2v) is 9.72. The summed E-state index contributed by atoms with van der Waals surface area (Å²) in [5.74, 6) is -0.343. The van der Waals surface area contributed by atoms with Crippen LogP contribution in [0, 0.1) is 5.82 Å². The smallest absolute Gasteiger partial charge is 0.318 e. The summed E-state index contributed by atoms with van der Waals surface area (Å²) < 4.78 is 20.0. The molecule has 0 spiro atoms. The Balaban J connectivity index is 1.37. The number of nitrogens with one attached hydrogen (secondary N) is 2. The Morgan fingerprint density at radius 3 is 2.71 bits per heavy atom. The van der Waals surface area contributed by atoms with Crippen molar-refractivity contribution < 1.29 is 23.5 Å². The number of halogens is 2. The SMILES string of the molecule is CC1CNC(=O)N1Cc1ccc(C(=O)NC2CC(=O)N(C3CC3)C2)cc1Oc1ccc(Cl)c(F)c1. The van der Waals surface area contributed by atoms with Crippen LogP contribution in [0.3, 0.4) is 0 Å². The van der Waals surface area contributed by atoms with Crippen molar-refractivity contribution in [3.05, 3.63) is 58.4 Å². The zero-order chi connectivity index (χ0) is 24.7. The lowest BCUT2D eigenvalue weighted by Crippen LogP contribution is -2.37. The monoisotopic (exact) mass is 500 g/mol. The quantitative estimate of drug-likeness (QED) is 0.607. The van der Waals surface area contributed by atoms with E-state index < -0.39 is 5.82 Å². The molecule has 2 atom stereocenters. The molecule has 3 aliphatic rings. The lowest BCUT2D eigenvalue weighted by atomic mass is 10.1. The van der Waals surface area contributed by atoms with Gasteiger partial charge in [-0.1, -0.05) is 17.7 Å². The zero-order valence-electron chi connectivity index (χ0n) is 19.2. The number of rotatable bonds is 7. The van der Waals surface area contributed by atoms with Crippen molar-refractivity contribution in [3.8, 4) is 11.5 Å². The van der Waals surface area contributed by atoms with Crippen LogP contribution in [-0.4, -0.2) is 58.9 Å². The number of urea groups is 1. The molecule has 2 aromatic carbocycles. The summed E-state index contributed by atoms with van der Waals surface area (Å²) >= 11 is 5.79. The molecule has 0 radical (unpaired) electrons. The predicted molar refractivity (Wildman–Crippen MR) is 127 cm³/mol. The summed E-state index contributed by atoms with van der Waals surface area (Å²) in [6.45, 7) is 3.25. The van der Waals surface area contributed by atoms with E-state index in [9.17, 15) is 18.8 Å². The Morgan fingerprint density at radius 2 is 2.03 bits per heavy atom. The summed E-state index contributed by atoms with van der Waals surface area (Å²) in [6, 6.07) is 8.91. The van der Waals surface area contributed by atoms with E-state index in [0.29, 0.717) is 36.0 Å². The molecule has 2 aliphatic heterocycles. The molecular formula is C25H26ClFN4O4. The molecule has 10 heteroatoms. The Kier molecular flexibility index (Phi) is 6.27. The van der Waals surface area contributed by atoms with Gasteiger partial charge in [0.05, 0.1) is 17.6 Å². The average molecular weight is 501 g/mol. The van der Waals surface area contributed by atoms with Gasteiger partial charge >= 0.3 is 6.03 Å². The van der Waals surface area contributed by atoms with Crippen LogP contribution in [0.2, 0.25) is 5.02 Å². The van der Waals surface area contributed by atoms with Gasteiger partial charge in [-0.05, 0) is 44.0 Å². The average Bonchev–Trinajstić information content (AvgIpc) is 3.54. The maximum atomic E-state index is 14.0. The Hall–Kier alpha value is -3.33. The fraction of sp³-hybridized carbons (Fsp3) is 0.400. The highest BCUT2D eigenvalue weighted by Gasteiger charge is 2.39. The Bertz CT molecular complexity index is 1190. The van der Waals surface area contributed by atoms with Gasteiger partial charge in [-0.15, -0.1) is 0 Å². The fourth-order valence-electron chi connectivity index (χ4n) is 4.48. The van der Waals surface area contributed by atoms with Crippen LogP contribution in [0.5, 0.6) is 11.5 Å². The van der Waals surface area contributed by atoms with Gasteiger partial charge in [0, 0.05) is 48.8 Å². The lowest BCUT2D eigenvalue weighted by molar-refractivity contribution is -0.128. The molecule has 1 aliphatic carbocycles. The number of likely N-dealkylation sites (tertiary alicyclic amines) is 1. The Morgan fingerprint density at radius 1 is 1.23 bits per heavy atom. The van der Waals surface area contributed by atoms with Gasteiger partial charge in [-0.25, -0.2) is 9.18 Å². The van der Waals surface area contributed by atoms with E-state index in [4.69, 9.17) is 16.3 Å². The predicted octanol–water partition coefficient (Wildman–Crippen LogP) is 3.68. The van der Waals surface area contributed by atoms with Crippen molar-refractivity contribution in [3.63, 3.8) is 0 Å². The first-order chi connectivity index (χ1) is 16.8. The number of benzene rings is 2. The van der Waals surface area contributed by atoms with Gasteiger partial charge in [0.2, 0.25) is 5.91 Å². The van der Waals surface area contributed by atoms with Crippen LogP contribution < -0.4 is 15.4 Å². The summed E-state index contributed by atoms with van der Waals surface area (Å²) in [4.78, 5) is 41.0. The lowest BCUT2D eigenvalue weighted by Gasteiger charge is -2.22. The molecule has 8 nitrogen and oxygen atoms in total. The second-order valence-electron chi connectivity index (χ2n) is 9.32. The minimum Gasteiger partial charge on any atom is -0.457 e. The normalized spacial score (nSPS) is 21.9. The van der Waals surface area contributed by atoms with E-state index in [-0.39, 0.29) is 53.7 Å². The molecule has 1 saturated carbocycles. The first kappa shape index (κ1) is 23.4. The van der Waals surface area contributed by atoms with Crippen LogP contribution in [0.25, 0.3) is 0 Å². The number of amides is 4.